The van der Waals surface area contributed by atoms with E-state index in [0.29, 0.717) is 28.5 Å². The van der Waals surface area contributed by atoms with Gasteiger partial charge in [0.1, 0.15) is 10.8 Å². The number of carbonyl (C=O) groups excluding carboxylic acids is 1. The van der Waals surface area contributed by atoms with E-state index in [1.165, 1.54) is 17.4 Å². The van der Waals surface area contributed by atoms with Crippen molar-refractivity contribution in [3.63, 3.8) is 0 Å². The van der Waals surface area contributed by atoms with E-state index in [1.54, 1.807) is 25.1 Å². The van der Waals surface area contributed by atoms with E-state index in [0.717, 1.165) is 0 Å². The lowest BCUT2D eigenvalue weighted by atomic mass is 10.1. The number of nitrogens with one attached hydrogen (secondary N) is 2. The Morgan fingerprint density at radius 1 is 1.41 bits per heavy atom. The predicted molar refractivity (Wildman–Crippen MR) is 82.4 cm³/mol. The van der Waals surface area contributed by atoms with Gasteiger partial charge in [-0.05, 0) is 25.0 Å². The Morgan fingerprint density at radius 3 is 2.91 bits per heavy atom. The maximum absolute atomic E-state index is 13.6. The molecule has 2 amide bonds. The first-order valence-electron chi connectivity index (χ1n) is 6.82. The summed E-state index contributed by atoms with van der Waals surface area (Å²) in [5.74, 6) is -0.289. The average Bonchev–Trinajstić information content (AvgIpc) is 2.88. The zero-order valence-corrected chi connectivity index (χ0v) is 12.9. The summed E-state index contributed by atoms with van der Waals surface area (Å²) >= 11 is 1.19. The van der Waals surface area contributed by atoms with Crippen LogP contribution in [0.2, 0.25) is 0 Å². The Bertz CT molecular complexity index is 635. The lowest BCUT2D eigenvalue weighted by Gasteiger charge is -2.11. The van der Waals surface area contributed by atoms with Crippen LogP contribution in [-0.2, 0) is 6.42 Å². The number of hydrogen-bond donors (Lipinski definition) is 3. The van der Waals surface area contributed by atoms with Gasteiger partial charge in [0.2, 0.25) is 5.13 Å². The van der Waals surface area contributed by atoms with Crippen molar-refractivity contribution in [2.24, 2.45) is 0 Å². The van der Waals surface area contributed by atoms with Crippen molar-refractivity contribution < 1.29 is 14.3 Å². The molecule has 22 heavy (non-hydrogen) atoms. The van der Waals surface area contributed by atoms with Crippen LogP contribution in [-0.4, -0.2) is 34.0 Å². The molecular formula is C14H17FN4O2S. The monoisotopic (exact) mass is 324 g/mol. The Balaban J connectivity index is 1.91. The van der Waals surface area contributed by atoms with Gasteiger partial charge in [-0.15, -0.1) is 10.2 Å². The summed E-state index contributed by atoms with van der Waals surface area (Å²) in [6, 6.07) is 5.92. The van der Waals surface area contributed by atoms with Gasteiger partial charge in [-0.1, -0.05) is 29.5 Å². The number of amides is 2. The molecule has 6 nitrogen and oxygen atoms in total. The van der Waals surface area contributed by atoms with Gasteiger partial charge < -0.3 is 10.4 Å². The van der Waals surface area contributed by atoms with Crippen molar-refractivity contribution in [1.29, 1.82) is 0 Å². The molecule has 0 unspecified atom stereocenters. The third-order valence-corrected chi connectivity index (χ3v) is 3.77. The molecule has 0 radical (unpaired) electrons. The molecule has 0 saturated carbocycles. The molecule has 1 atom stereocenters. The van der Waals surface area contributed by atoms with Crippen LogP contribution in [0.4, 0.5) is 14.3 Å². The second-order valence-electron chi connectivity index (χ2n) is 4.78. The summed E-state index contributed by atoms with van der Waals surface area (Å²) in [6.07, 6.45) is 0.802. The second-order valence-corrected chi connectivity index (χ2v) is 5.84. The van der Waals surface area contributed by atoms with Gasteiger partial charge in [0.15, 0.2) is 0 Å². The number of aliphatic hydroxyl groups is 1. The SMILES string of the molecule is C[C@H](CCO)NC(=O)Nc1nnc(Cc2ccccc2F)s1. The van der Waals surface area contributed by atoms with Crippen molar-refractivity contribution >= 4 is 22.5 Å². The number of aliphatic hydroxyl groups excluding tert-OH is 1. The van der Waals surface area contributed by atoms with Crippen molar-refractivity contribution in [1.82, 2.24) is 15.5 Å². The summed E-state index contributed by atoms with van der Waals surface area (Å²) < 4.78 is 13.6. The minimum atomic E-state index is -0.408. The van der Waals surface area contributed by atoms with Crippen LogP contribution in [0, 0.1) is 5.82 Å². The highest BCUT2D eigenvalue weighted by Gasteiger charge is 2.11. The number of aromatic nitrogens is 2. The van der Waals surface area contributed by atoms with Crippen molar-refractivity contribution in [2.45, 2.75) is 25.8 Å². The van der Waals surface area contributed by atoms with Gasteiger partial charge >= 0.3 is 6.03 Å². The largest absolute Gasteiger partial charge is 0.396 e. The summed E-state index contributed by atoms with van der Waals surface area (Å²) in [4.78, 5) is 11.7. The van der Waals surface area contributed by atoms with E-state index in [9.17, 15) is 9.18 Å². The molecular weight excluding hydrogens is 307 g/mol. The van der Waals surface area contributed by atoms with Crippen LogP contribution in [0.5, 0.6) is 0 Å². The molecule has 2 aromatic rings. The molecule has 1 aromatic heterocycles. The predicted octanol–water partition coefficient (Wildman–Crippen LogP) is 2.16. The molecule has 1 aromatic carbocycles. The normalized spacial score (nSPS) is 12.0. The molecule has 3 N–H and O–H groups in total. The Labute approximate surface area is 131 Å². The first-order valence-corrected chi connectivity index (χ1v) is 7.64. The number of carbonyl (C=O) groups is 1. The van der Waals surface area contributed by atoms with Crippen LogP contribution in [0.25, 0.3) is 0 Å². The second kappa shape index (κ2) is 7.81. The summed E-state index contributed by atoms with van der Waals surface area (Å²) in [5, 5.41) is 22.8. The minimum absolute atomic E-state index is 0.00699. The molecule has 0 fully saturated rings. The van der Waals surface area contributed by atoms with Gasteiger partial charge in [-0.3, -0.25) is 5.32 Å². The van der Waals surface area contributed by atoms with E-state index >= 15 is 0 Å². The summed E-state index contributed by atoms with van der Waals surface area (Å²) in [7, 11) is 0. The van der Waals surface area contributed by atoms with Gasteiger partial charge in [0.05, 0.1) is 0 Å². The number of hydrogen-bond acceptors (Lipinski definition) is 5. The van der Waals surface area contributed by atoms with E-state index in [2.05, 4.69) is 20.8 Å². The fourth-order valence-corrected chi connectivity index (χ4v) is 2.56. The number of anilines is 1. The molecule has 0 aliphatic heterocycles. The average molecular weight is 324 g/mol. The molecule has 2 rings (SSSR count). The van der Waals surface area contributed by atoms with Crippen molar-refractivity contribution in [3.8, 4) is 0 Å². The standard InChI is InChI=1S/C14H17FN4O2S/c1-9(6-7-20)16-13(21)17-14-19-18-12(22-14)8-10-4-2-3-5-11(10)15/h2-5,9,20H,6-8H2,1H3,(H2,16,17,19,21)/t9-/m1/s1. The van der Waals surface area contributed by atoms with Gasteiger partial charge in [-0.25, -0.2) is 9.18 Å². The Morgan fingerprint density at radius 2 is 2.18 bits per heavy atom. The zero-order valence-electron chi connectivity index (χ0n) is 12.0. The summed E-state index contributed by atoms with van der Waals surface area (Å²) in [5.41, 5.74) is 0.534. The van der Waals surface area contributed by atoms with Crippen LogP contribution >= 0.6 is 11.3 Å². The number of nitrogens with zero attached hydrogens (tertiary/aromatic N) is 2. The highest BCUT2D eigenvalue weighted by atomic mass is 32.1. The minimum Gasteiger partial charge on any atom is -0.396 e. The topological polar surface area (TPSA) is 87.1 Å². The number of benzene rings is 1. The molecule has 0 saturated heterocycles. The summed E-state index contributed by atoms with van der Waals surface area (Å²) in [6.45, 7) is 1.80. The zero-order chi connectivity index (χ0) is 15.9. The smallest absolute Gasteiger partial charge is 0.321 e. The molecule has 1 heterocycles. The Kier molecular flexibility index (Phi) is 5.79. The van der Waals surface area contributed by atoms with E-state index in [1.807, 2.05) is 0 Å². The van der Waals surface area contributed by atoms with E-state index < -0.39 is 6.03 Å². The third kappa shape index (κ3) is 4.74. The lowest BCUT2D eigenvalue weighted by Crippen LogP contribution is -2.36. The van der Waals surface area contributed by atoms with E-state index in [-0.39, 0.29) is 18.5 Å². The fourth-order valence-electron chi connectivity index (χ4n) is 1.80. The highest BCUT2D eigenvalue weighted by Crippen LogP contribution is 2.19. The van der Waals surface area contributed by atoms with Crippen LogP contribution < -0.4 is 10.6 Å². The number of rotatable bonds is 6. The van der Waals surface area contributed by atoms with Crippen molar-refractivity contribution in [2.75, 3.05) is 11.9 Å². The molecule has 0 aliphatic carbocycles. The van der Waals surface area contributed by atoms with Crippen LogP contribution in [0.3, 0.4) is 0 Å². The molecule has 0 spiro atoms. The highest BCUT2D eigenvalue weighted by molar-refractivity contribution is 7.15. The van der Waals surface area contributed by atoms with Gasteiger partial charge in [0.25, 0.3) is 0 Å². The van der Waals surface area contributed by atoms with Gasteiger partial charge in [-0.2, -0.15) is 0 Å². The first-order chi connectivity index (χ1) is 10.6. The Hall–Kier alpha value is -2.06. The number of halogens is 1. The quantitative estimate of drug-likeness (QED) is 0.760. The maximum atomic E-state index is 13.6. The van der Waals surface area contributed by atoms with Crippen molar-refractivity contribution in [3.05, 3.63) is 40.7 Å². The van der Waals surface area contributed by atoms with Crippen LogP contribution in [0.15, 0.2) is 24.3 Å². The third-order valence-electron chi connectivity index (χ3n) is 2.93. The maximum Gasteiger partial charge on any atom is 0.321 e. The number of urea groups is 1. The first kappa shape index (κ1) is 16.3. The molecule has 8 heteroatoms. The van der Waals surface area contributed by atoms with E-state index in [4.69, 9.17) is 5.11 Å². The molecule has 118 valence electrons. The fraction of sp³-hybridized carbons (Fsp3) is 0.357. The lowest BCUT2D eigenvalue weighted by molar-refractivity contribution is 0.241. The molecule has 0 aliphatic rings. The van der Waals surface area contributed by atoms with Crippen LogP contribution in [0.1, 0.15) is 23.9 Å². The van der Waals surface area contributed by atoms with Gasteiger partial charge in [0, 0.05) is 19.1 Å². The molecule has 0 bridgehead atoms.